The molecule has 9 heteroatoms. The summed E-state index contributed by atoms with van der Waals surface area (Å²) >= 11 is 0. The third-order valence-electron chi connectivity index (χ3n) is 5.36. The highest BCUT2D eigenvalue weighted by Gasteiger charge is 2.22. The molecule has 1 amide bonds. The second-order valence-corrected chi connectivity index (χ2v) is 7.60. The molecule has 0 aliphatic heterocycles. The Morgan fingerprint density at radius 3 is 2.70 bits per heavy atom. The maximum Gasteiger partial charge on any atom is 0.336 e. The number of aromatic nitrogens is 1. The number of phenols is 1. The number of hydrogen-bond acceptors (Lipinski definition) is 6. The van der Waals surface area contributed by atoms with E-state index < -0.39 is 30.2 Å². The van der Waals surface area contributed by atoms with Gasteiger partial charge in [0.1, 0.15) is 23.1 Å². The maximum absolute atomic E-state index is 12.4. The standard InChI is InChI=1S/C24H22N2O7/c1-2-13-8-23(29)33-21-10-16(4-5-17(13)21)32-12-22(28)26-20(24(30)31)7-14-11-25-19-6-3-15(27)9-18(14)19/h3-6,8-11,20,25,27H,2,7,12H2,1H3,(H,26,28)(H,30,31). The van der Waals surface area contributed by atoms with E-state index >= 15 is 0 Å². The number of phenolic OH excluding ortho intramolecular Hbond substituents is 1. The highest BCUT2D eigenvalue weighted by Crippen LogP contribution is 2.25. The Bertz CT molecular complexity index is 1400. The molecule has 170 valence electrons. The molecule has 4 rings (SSSR count). The van der Waals surface area contributed by atoms with Crippen molar-refractivity contribution in [1.29, 1.82) is 0 Å². The van der Waals surface area contributed by atoms with Crippen molar-refractivity contribution in [3.05, 3.63) is 70.2 Å². The fourth-order valence-corrected chi connectivity index (χ4v) is 3.73. The van der Waals surface area contributed by atoms with E-state index in [1.165, 1.54) is 24.3 Å². The number of aliphatic carboxylic acids is 1. The highest BCUT2D eigenvalue weighted by atomic mass is 16.5. The van der Waals surface area contributed by atoms with E-state index in [4.69, 9.17) is 9.15 Å². The quantitative estimate of drug-likeness (QED) is 0.302. The topological polar surface area (TPSA) is 142 Å². The van der Waals surface area contributed by atoms with Gasteiger partial charge in [-0.1, -0.05) is 6.92 Å². The van der Waals surface area contributed by atoms with Gasteiger partial charge in [0.15, 0.2) is 6.61 Å². The van der Waals surface area contributed by atoms with Gasteiger partial charge in [-0.15, -0.1) is 0 Å². The number of carbonyl (C=O) groups is 2. The van der Waals surface area contributed by atoms with Gasteiger partial charge >= 0.3 is 11.6 Å². The van der Waals surface area contributed by atoms with Crippen molar-refractivity contribution >= 4 is 33.7 Å². The first-order valence-corrected chi connectivity index (χ1v) is 10.3. The van der Waals surface area contributed by atoms with E-state index in [0.717, 1.165) is 16.5 Å². The summed E-state index contributed by atoms with van der Waals surface area (Å²) in [4.78, 5) is 38.8. The molecule has 0 fully saturated rings. The van der Waals surface area contributed by atoms with Crippen molar-refractivity contribution in [3.63, 3.8) is 0 Å². The zero-order valence-electron chi connectivity index (χ0n) is 17.8. The van der Waals surface area contributed by atoms with Gasteiger partial charge in [-0.3, -0.25) is 4.79 Å². The number of carboxylic acids is 1. The van der Waals surface area contributed by atoms with Crippen molar-refractivity contribution in [2.45, 2.75) is 25.8 Å². The first-order chi connectivity index (χ1) is 15.8. The first kappa shape index (κ1) is 21.9. The van der Waals surface area contributed by atoms with E-state index in [1.54, 1.807) is 24.4 Å². The molecule has 9 nitrogen and oxygen atoms in total. The van der Waals surface area contributed by atoms with Crippen LogP contribution in [0.1, 0.15) is 18.1 Å². The van der Waals surface area contributed by atoms with Gasteiger partial charge in [-0.25, -0.2) is 9.59 Å². The third-order valence-corrected chi connectivity index (χ3v) is 5.36. The predicted molar refractivity (Wildman–Crippen MR) is 121 cm³/mol. The van der Waals surface area contributed by atoms with E-state index in [0.29, 0.717) is 28.7 Å². The Balaban J connectivity index is 1.43. The molecule has 0 radical (unpaired) electrons. The lowest BCUT2D eigenvalue weighted by Gasteiger charge is -2.15. The SMILES string of the molecule is CCc1cc(=O)oc2cc(OCC(=O)NC(Cc3c[nH]c4ccc(O)cc34)C(=O)O)ccc12. The molecule has 2 heterocycles. The fourth-order valence-electron chi connectivity index (χ4n) is 3.73. The molecule has 0 bridgehead atoms. The minimum absolute atomic E-state index is 0.0193. The molecule has 1 unspecified atom stereocenters. The molecule has 4 aromatic rings. The number of aromatic amines is 1. The van der Waals surface area contributed by atoms with E-state index in [-0.39, 0.29) is 12.2 Å². The largest absolute Gasteiger partial charge is 0.508 e. The fraction of sp³-hybridized carbons (Fsp3) is 0.208. The number of aromatic hydroxyl groups is 1. The molecule has 0 saturated carbocycles. The first-order valence-electron chi connectivity index (χ1n) is 10.3. The summed E-state index contributed by atoms with van der Waals surface area (Å²) in [7, 11) is 0. The maximum atomic E-state index is 12.4. The molecule has 33 heavy (non-hydrogen) atoms. The summed E-state index contributed by atoms with van der Waals surface area (Å²) in [6.07, 6.45) is 2.33. The smallest absolute Gasteiger partial charge is 0.336 e. The number of nitrogens with one attached hydrogen (secondary N) is 2. The van der Waals surface area contributed by atoms with Gasteiger partial charge in [0.25, 0.3) is 5.91 Å². The second-order valence-electron chi connectivity index (χ2n) is 7.60. The van der Waals surface area contributed by atoms with Crippen LogP contribution in [0.4, 0.5) is 0 Å². The zero-order chi connectivity index (χ0) is 23.5. The predicted octanol–water partition coefficient (Wildman–Crippen LogP) is 2.73. The zero-order valence-corrected chi connectivity index (χ0v) is 17.8. The summed E-state index contributed by atoms with van der Waals surface area (Å²) in [6, 6.07) is 9.92. The molecule has 0 aliphatic carbocycles. The number of hydrogen-bond donors (Lipinski definition) is 4. The van der Waals surface area contributed by atoms with E-state index in [1.807, 2.05) is 6.92 Å². The van der Waals surface area contributed by atoms with Gasteiger partial charge in [-0.05, 0) is 47.9 Å². The summed E-state index contributed by atoms with van der Waals surface area (Å²) in [6.45, 7) is 1.52. The normalized spacial score (nSPS) is 12.0. The number of ether oxygens (including phenoxy) is 1. The summed E-state index contributed by atoms with van der Waals surface area (Å²) in [5.41, 5.74) is 2.12. The summed E-state index contributed by atoms with van der Waals surface area (Å²) in [5.74, 6) is -1.44. The van der Waals surface area contributed by atoms with Crippen LogP contribution in [-0.2, 0) is 22.4 Å². The number of rotatable bonds is 8. The van der Waals surface area contributed by atoms with Crippen LogP contribution in [0.5, 0.6) is 11.5 Å². The Kier molecular flexibility index (Phi) is 6.03. The molecule has 2 aromatic heterocycles. The van der Waals surface area contributed by atoms with Gasteiger partial charge < -0.3 is 29.7 Å². The molecular formula is C24H22N2O7. The number of fused-ring (bicyclic) bond motifs is 2. The molecular weight excluding hydrogens is 428 g/mol. The lowest BCUT2D eigenvalue weighted by atomic mass is 10.0. The minimum atomic E-state index is -1.20. The average molecular weight is 450 g/mol. The lowest BCUT2D eigenvalue weighted by molar-refractivity contribution is -0.142. The number of amides is 1. The van der Waals surface area contributed by atoms with Crippen LogP contribution in [0.25, 0.3) is 21.9 Å². The van der Waals surface area contributed by atoms with E-state index in [9.17, 15) is 24.6 Å². The molecule has 1 atom stereocenters. The average Bonchev–Trinajstić information content (AvgIpc) is 3.18. The molecule has 2 aromatic carbocycles. The lowest BCUT2D eigenvalue weighted by Crippen LogP contribution is -2.44. The van der Waals surface area contributed by atoms with Gasteiger partial charge in [-0.2, -0.15) is 0 Å². The van der Waals surface area contributed by atoms with Gasteiger partial charge in [0, 0.05) is 41.0 Å². The number of carbonyl (C=O) groups excluding carboxylic acids is 1. The van der Waals surface area contributed by atoms with Crippen LogP contribution in [0.3, 0.4) is 0 Å². The molecule has 4 N–H and O–H groups in total. The van der Waals surface area contributed by atoms with Crippen molar-refractivity contribution in [2.24, 2.45) is 0 Å². The number of benzene rings is 2. The van der Waals surface area contributed by atoms with Crippen LogP contribution in [0.15, 0.2) is 57.9 Å². The third kappa shape index (κ3) is 4.82. The Morgan fingerprint density at radius 1 is 1.12 bits per heavy atom. The number of H-pyrrole nitrogens is 1. The van der Waals surface area contributed by atoms with Gasteiger partial charge in [0.2, 0.25) is 0 Å². The Labute approximate surface area is 187 Å². The minimum Gasteiger partial charge on any atom is -0.508 e. The van der Waals surface area contributed by atoms with E-state index in [2.05, 4.69) is 10.3 Å². The van der Waals surface area contributed by atoms with Crippen LogP contribution >= 0.6 is 0 Å². The van der Waals surface area contributed by atoms with Crippen molar-refractivity contribution in [3.8, 4) is 11.5 Å². The number of aryl methyl sites for hydroxylation is 1. The Hall–Kier alpha value is -4.27. The summed E-state index contributed by atoms with van der Waals surface area (Å²) in [5, 5.41) is 23.2. The number of carboxylic acid groups (broad SMARTS) is 1. The molecule has 0 aliphatic rings. The molecule has 0 saturated heterocycles. The van der Waals surface area contributed by atoms with Gasteiger partial charge in [0.05, 0.1) is 0 Å². The van der Waals surface area contributed by atoms with Crippen molar-refractivity contribution < 1.29 is 29.0 Å². The van der Waals surface area contributed by atoms with Crippen LogP contribution in [0, 0.1) is 0 Å². The highest BCUT2D eigenvalue weighted by molar-refractivity contribution is 5.88. The van der Waals surface area contributed by atoms with Crippen molar-refractivity contribution in [1.82, 2.24) is 10.3 Å². The van der Waals surface area contributed by atoms with Crippen LogP contribution < -0.4 is 15.7 Å². The molecule has 0 spiro atoms. The Morgan fingerprint density at radius 2 is 1.94 bits per heavy atom. The second kappa shape index (κ2) is 9.07. The van der Waals surface area contributed by atoms with Crippen LogP contribution in [0.2, 0.25) is 0 Å². The van der Waals surface area contributed by atoms with Crippen LogP contribution in [-0.4, -0.2) is 39.7 Å². The van der Waals surface area contributed by atoms with Crippen molar-refractivity contribution in [2.75, 3.05) is 6.61 Å². The summed E-state index contributed by atoms with van der Waals surface area (Å²) < 4.78 is 10.7. The monoisotopic (exact) mass is 450 g/mol.